The number of benzene rings is 1. The lowest BCUT2D eigenvalue weighted by molar-refractivity contribution is -0.384. The molecule has 1 saturated heterocycles. The lowest BCUT2D eigenvalue weighted by Crippen LogP contribution is -2.45. The summed E-state index contributed by atoms with van der Waals surface area (Å²) >= 11 is 0. The molecular weight excluding hydrogens is 332 g/mol. The molecule has 2 aromatic rings. The number of hydrogen-bond acceptors (Lipinski definition) is 5. The van der Waals surface area contributed by atoms with Crippen LogP contribution in [0.5, 0.6) is 0 Å². The first kappa shape index (κ1) is 17.8. The number of aliphatic hydroxyl groups is 1. The van der Waals surface area contributed by atoms with Crippen molar-refractivity contribution >= 4 is 17.1 Å². The van der Waals surface area contributed by atoms with Crippen LogP contribution in [0.15, 0.2) is 36.7 Å². The monoisotopic (exact) mass is 352 g/mol. The first-order valence-corrected chi connectivity index (χ1v) is 8.53. The third-order valence-electron chi connectivity index (χ3n) is 4.86. The van der Waals surface area contributed by atoms with Crippen LogP contribution in [0.2, 0.25) is 0 Å². The Morgan fingerprint density at radius 3 is 2.92 bits per heavy atom. The molecule has 0 radical (unpaired) electrons. The Morgan fingerprint density at radius 2 is 2.23 bits per heavy atom. The summed E-state index contributed by atoms with van der Waals surface area (Å²) in [6.45, 7) is 10.0. The van der Waals surface area contributed by atoms with Gasteiger partial charge in [0.2, 0.25) is 0 Å². The van der Waals surface area contributed by atoms with Gasteiger partial charge in [0.15, 0.2) is 5.69 Å². The highest BCUT2D eigenvalue weighted by atomic mass is 16.6. The summed E-state index contributed by atoms with van der Waals surface area (Å²) in [5.41, 5.74) is 2.29. The van der Waals surface area contributed by atoms with Crippen LogP contribution in [0.4, 0.5) is 17.1 Å². The van der Waals surface area contributed by atoms with Crippen LogP contribution in [0.3, 0.4) is 0 Å². The van der Waals surface area contributed by atoms with Gasteiger partial charge in [0.1, 0.15) is 5.69 Å². The average molecular weight is 352 g/mol. The predicted octanol–water partition coefficient (Wildman–Crippen LogP) is 3.80. The maximum atomic E-state index is 11.6. The highest BCUT2D eigenvalue weighted by molar-refractivity contribution is 5.82. The van der Waals surface area contributed by atoms with Gasteiger partial charge in [0, 0.05) is 30.6 Å². The molecule has 26 heavy (non-hydrogen) atoms. The van der Waals surface area contributed by atoms with Crippen molar-refractivity contribution in [2.24, 2.45) is 5.92 Å². The maximum absolute atomic E-state index is 11.6. The smallest absolute Gasteiger partial charge is 0.292 e. The van der Waals surface area contributed by atoms with Gasteiger partial charge >= 0.3 is 0 Å². The number of rotatable bonds is 4. The van der Waals surface area contributed by atoms with Crippen molar-refractivity contribution in [2.75, 3.05) is 18.1 Å². The van der Waals surface area contributed by atoms with Crippen molar-refractivity contribution in [3.63, 3.8) is 0 Å². The van der Waals surface area contributed by atoms with Crippen molar-refractivity contribution in [1.82, 2.24) is 4.98 Å². The highest BCUT2D eigenvalue weighted by Crippen LogP contribution is 2.39. The topological polar surface area (TPSA) is 83.9 Å². The summed E-state index contributed by atoms with van der Waals surface area (Å²) in [5.74, 6) is 0.387. The molecule has 1 aromatic heterocycles. The van der Waals surface area contributed by atoms with E-state index < -0.39 is 4.92 Å². The summed E-state index contributed by atoms with van der Waals surface area (Å²) < 4.78 is 0. The first-order chi connectivity index (χ1) is 12.5. The Balaban J connectivity index is 2.13. The number of aliphatic hydroxyl groups excluding tert-OH is 1. The van der Waals surface area contributed by atoms with Crippen molar-refractivity contribution in [1.29, 1.82) is 0 Å². The molecule has 7 nitrogen and oxygen atoms in total. The van der Waals surface area contributed by atoms with Crippen LogP contribution >= 0.6 is 0 Å². The van der Waals surface area contributed by atoms with Gasteiger partial charge in [-0.2, -0.15) is 0 Å². The third-order valence-corrected chi connectivity index (χ3v) is 4.86. The minimum absolute atomic E-state index is 0.00884. The van der Waals surface area contributed by atoms with E-state index in [4.69, 9.17) is 6.57 Å². The van der Waals surface area contributed by atoms with Crippen LogP contribution < -0.4 is 4.90 Å². The first-order valence-electron chi connectivity index (χ1n) is 8.53. The summed E-state index contributed by atoms with van der Waals surface area (Å²) in [4.78, 5) is 20.7. The predicted molar refractivity (Wildman–Crippen MR) is 99.2 cm³/mol. The number of aromatic nitrogens is 1. The molecule has 0 saturated carbocycles. The molecule has 1 aliphatic heterocycles. The molecular formula is C19H20N4O3. The number of nitro groups is 1. The van der Waals surface area contributed by atoms with Gasteiger partial charge in [0.05, 0.1) is 24.1 Å². The summed E-state index contributed by atoms with van der Waals surface area (Å²) in [6.07, 6.45) is 4.93. The molecule has 0 aliphatic carbocycles. The fraction of sp³-hybridized carbons (Fsp3) is 0.368. The molecule has 7 heteroatoms. The molecule has 1 aromatic carbocycles. The van der Waals surface area contributed by atoms with E-state index in [-0.39, 0.29) is 18.3 Å². The summed E-state index contributed by atoms with van der Waals surface area (Å²) in [7, 11) is 0. The zero-order chi connectivity index (χ0) is 18.7. The molecule has 0 amide bonds. The molecule has 0 spiro atoms. The molecule has 2 heterocycles. The van der Waals surface area contributed by atoms with E-state index in [2.05, 4.69) is 16.8 Å². The van der Waals surface area contributed by atoms with E-state index in [9.17, 15) is 15.2 Å². The van der Waals surface area contributed by atoms with E-state index in [1.54, 1.807) is 30.6 Å². The van der Waals surface area contributed by atoms with Crippen LogP contribution in [0.1, 0.15) is 19.8 Å². The SMILES string of the molecule is [C-]#[N+]c1ccncc1-c1ccc([N+](=O)[O-])c(N2C[C@@H](C)CC[C@H]2CO)c1. The van der Waals surface area contributed by atoms with E-state index in [1.165, 1.54) is 6.07 Å². The molecule has 0 unspecified atom stereocenters. The molecule has 3 rings (SSSR count). The summed E-state index contributed by atoms with van der Waals surface area (Å²) in [5, 5.41) is 21.3. The van der Waals surface area contributed by atoms with Gasteiger partial charge in [-0.15, -0.1) is 0 Å². The maximum Gasteiger partial charge on any atom is 0.292 e. The van der Waals surface area contributed by atoms with Crippen LogP contribution in [-0.4, -0.2) is 34.2 Å². The zero-order valence-electron chi connectivity index (χ0n) is 14.5. The van der Waals surface area contributed by atoms with E-state index in [0.29, 0.717) is 35.0 Å². The second-order valence-electron chi connectivity index (χ2n) is 6.64. The van der Waals surface area contributed by atoms with Gasteiger partial charge in [-0.3, -0.25) is 15.1 Å². The van der Waals surface area contributed by atoms with Crippen molar-refractivity contribution in [3.8, 4) is 11.1 Å². The van der Waals surface area contributed by atoms with Gasteiger partial charge in [0.25, 0.3) is 5.69 Å². The zero-order valence-corrected chi connectivity index (χ0v) is 14.5. The number of nitrogens with zero attached hydrogens (tertiary/aromatic N) is 4. The van der Waals surface area contributed by atoms with Crippen LogP contribution in [-0.2, 0) is 0 Å². The van der Waals surface area contributed by atoms with Gasteiger partial charge in [-0.05, 0) is 42.5 Å². The Bertz CT molecular complexity index is 862. The number of anilines is 1. The normalized spacial score (nSPS) is 19.8. The molecule has 1 aliphatic rings. The highest BCUT2D eigenvalue weighted by Gasteiger charge is 2.30. The van der Waals surface area contributed by atoms with Crippen molar-refractivity contribution in [3.05, 3.63) is 58.2 Å². The fourth-order valence-corrected chi connectivity index (χ4v) is 3.48. The van der Waals surface area contributed by atoms with Crippen molar-refractivity contribution < 1.29 is 10.0 Å². The standard InChI is InChI=1S/C19H20N4O3/c1-13-3-5-15(12-24)22(11-13)19-9-14(4-6-18(19)23(25)26)16-10-21-8-7-17(16)20-2/h4,6-10,13,15,24H,3,5,11-12H2,1H3/t13-,15-/m0/s1. The minimum atomic E-state index is -0.397. The fourth-order valence-electron chi connectivity index (χ4n) is 3.48. The molecule has 1 N–H and O–H groups in total. The number of piperidine rings is 1. The van der Waals surface area contributed by atoms with Gasteiger partial charge < -0.3 is 10.0 Å². The van der Waals surface area contributed by atoms with Gasteiger partial charge in [-0.25, -0.2) is 4.85 Å². The number of nitro benzene ring substituents is 1. The third kappa shape index (κ3) is 3.37. The number of hydrogen-bond donors (Lipinski definition) is 1. The number of pyridine rings is 1. The largest absolute Gasteiger partial charge is 0.394 e. The molecule has 1 fully saturated rings. The van der Waals surface area contributed by atoms with Crippen LogP contribution in [0.25, 0.3) is 16.0 Å². The Morgan fingerprint density at radius 1 is 1.42 bits per heavy atom. The van der Waals surface area contributed by atoms with E-state index >= 15 is 0 Å². The van der Waals surface area contributed by atoms with E-state index in [1.807, 2.05) is 4.90 Å². The average Bonchev–Trinajstić information content (AvgIpc) is 2.67. The van der Waals surface area contributed by atoms with Crippen LogP contribution in [0, 0.1) is 22.6 Å². The Kier molecular flexibility index (Phi) is 5.14. The second kappa shape index (κ2) is 7.50. The Hall–Kier alpha value is -2.98. The lowest BCUT2D eigenvalue weighted by atomic mass is 9.93. The molecule has 134 valence electrons. The van der Waals surface area contributed by atoms with Gasteiger partial charge in [-0.1, -0.05) is 6.92 Å². The molecule has 2 atom stereocenters. The van der Waals surface area contributed by atoms with Crippen molar-refractivity contribution in [2.45, 2.75) is 25.8 Å². The molecule has 0 bridgehead atoms. The van der Waals surface area contributed by atoms with E-state index in [0.717, 1.165) is 12.8 Å². The summed E-state index contributed by atoms with van der Waals surface area (Å²) in [6, 6.07) is 6.34. The minimum Gasteiger partial charge on any atom is -0.394 e. The lowest BCUT2D eigenvalue weighted by Gasteiger charge is -2.39. The quantitative estimate of drug-likeness (QED) is 0.514. The Labute approximate surface area is 151 Å². The second-order valence-corrected chi connectivity index (χ2v) is 6.64.